The van der Waals surface area contributed by atoms with Gasteiger partial charge in [-0.1, -0.05) is 0 Å². The van der Waals surface area contributed by atoms with Gasteiger partial charge in [0.25, 0.3) is 0 Å². The highest BCUT2D eigenvalue weighted by Crippen LogP contribution is 1.89. The van der Waals surface area contributed by atoms with Crippen LogP contribution in [0.1, 0.15) is 19.3 Å². The summed E-state index contributed by atoms with van der Waals surface area (Å²) in [6.07, 6.45) is 0.528. The number of carboxylic acids is 1. The molecule has 0 aromatic rings. The molecule has 0 aliphatic heterocycles. The van der Waals surface area contributed by atoms with Gasteiger partial charge in [-0.05, 0) is 6.42 Å². The fraction of sp³-hybridized carbons (Fsp3) is 0.867. The van der Waals surface area contributed by atoms with Crippen LogP contribution in [0.4, 0.5) is 0 Å². The maximum Gasteiger partial charge on any atom is 0.303 e. The molecule has 0 rings (SSSR count). The Balaban J connectivity index is 3.10. The van der Waals surface area contributed by atoms with Gasteiger partial charge >= 0.3 is 5.97 Å². The lowest BCUT2D eigenvalue weighted by atomic mass is 10.3. The molecule has 9 nitrogen and oxygen atoms in total. The Morgan fingerprint density at radius 1 is 0.792 bits per heavy atom. The lowest BCUT2D eigenvalue weighted by Gasteiger charge is -2.07. The monoisotopic (exact) mass is 350 g/mol. The summed E-state index contributed by atoms with van der Waals surface area (Å²) in [6, 6.07) is 0. The van der Waals surface area contributed by atoms with Crippen LogP contribution in [0.5, 0.6) is 0 Å². The molecule has 0 atom stereocenters. The van der Waals surface area contributed by atoms with Crippen molar-refractivity contribution in [3.63, 3.8) is 0 Å². The van der Waals surface area contributed by atoms with E-state index in [4.69, 9.17) is 29.8 Å². The van der Waals surface area contributed by atoms with Crippen LogP contribution < -0.4 is 11.1 Å². The second kappa shape index (κ2) is 18.1. The lowest BCUT2D eigenvalue weighted by Crippen LogP contribution is -2.25. The second-order valence-corrected chi connectivity index (χ2v) is 4.84. The molecule has 0 saturated heterocycles. The maximum atomic E-state index is 11.2. The van der Waals surface area contributed by atoms with Crippen LogP contribution in [-0.2, 0) is 28.5 Å². The molecular formula is C15H30N2O7. The first kappa shape index (κ1) is 22.7. The topological polar surface area (TPSA) is 129 Å². The summed E-state index contributed by atoms with van der Waals surface area (Å²) in [5.41, 5.74) is 5.28. The third-order valence-electron chi connectivity index (χ3n) is 2.73. The number of ether oxygens (including phenoxy) is 4. The quantitative estimate of drug-likeness (QED) is 0.279. The molecule has 0 bridgehead atoms. The highest BCUT2D eigenvalue weighted by Gasteiger charge is 2.03. The zero-order valence-corrected chi connectivity index (χ0v) is 14.2. The molecule has 0 unspecified atom stereocenters. The highest BCUT2D eigenvalue weighted by atomic mass is 16.6. The van der Waals surface area contributed by atoms with Gasteiger partial charge in [-0.15, -0.1) is 0 Å². The SMILES string of the molecule is NCCOCCOCCOCCOCCCNC(=O)CCC(=O)O. The van der Waals surface area contributed by atoms with Gasteiger partial charge < -0.3 is 35.1 Å². The van der Waals surface area contributed by atoms with Gasteiger partial charge in [0.15, 0.2) is 0 Å². The average molecular weight is 350 g/mol. The molecule has 0 spiro atoms. The largest absolute Gasteiger partial charge is 0.481 e. The molecule has 4 N–H and O–H groups in total. The van der Waals surface area contributed by atoms with Crippen molar-refractivity contribution in [3.05, 3.63) is 0 Å². The van der Waals surface area contributed by atoms with E-state index in [1.165, 1.54) is 0 Å². The summed E-state index contributed by atoms with van der Waals surface area (Å²) >= 11 is 0. The average Bonchev–Trinajstić information content (AvgIpc) is 2.56. The first-order chi connectivity index (χ1) is 11.7. The zero-order valence-electron chi connectivity index (χ0n) is 14.2. The van der Waals surface area contributed by atoms with Crippen molar-refractivity contribution < 1.29 is 33.6 Å². The number of carboxylic acid groups (broad SMARTS) is 1. The number of amides is 1. The zero-order chi connectivity index (χ0) is 17.9. The van der Waals surface area contributed by atoms with E-state index < -0.39 is 5.97 Å². The summed E-state index contributed by atoms with van der Waals surface area (Å²) in [6.45, 7) is 5.07. The molecule has 24 heavy (non-hydrogen) atoms. The van der Waals surface area contributed by atoms with Gasteiger partial charge in [-0.3, -0.25) is 9.59 Å². The summed E-state index contributed by atoms with van der Waals surface area (Å²) in [5, 5.41) is 11.1. The van der Waals surface area contributed by atoms with Crippen molar-refractivity contribution in [2.24, 2.45) is 5.73 Å². The van der Waals surface area contributed by atoms with E-state index in [0.717, 1.165) is 0 Å². The summed E-state index contributed by atoms with van der Waals surface area (Å²) in [5.74, 6) is -1.23. The van der Waals surface area contributed by atoms with Crippen LogP contribution in [-0.4, -0.2) is 82.9 Å². The van der Waals surface area contributed by atoms with E-state index in [1.54, 1.807) is 0 Å². The molecule has 142 valence electrons. The normalized spacial score (nSPS) is 10.7. The predicted molar refractivity (Wildman–Crippen MR) is 86.8 cm³/mol. The van der Waals surface area contributed by atoms with Crippen molar-refractivity contribution in [3.8, 4) is 0 Å². The molecule has 1 amide bonds. The van der Waals surface area contributed by atoms with Crippen molar-refractivity contribution in [1.29, 1.82) is 0 Å². The number of hydrogen-bond donors (Lipinski definition) is 3. The van der Waals surface area contributed by atoms with Crippen LogP contribution in [0.25, 0.3) is 0 Å². The number of carbonyl (C=O) groups is 2. The third kappa shape index (κ3) is 18.8. The first-order valence-corrected chi connectivity index (χ1v) is 8.16. The van der Waals surface area contributed by atoms with Gasteiger partial charge in [-0.25, -0.2) is 0 Å². The predicted octanol–water partition coefficient (Wildman–Crippen LogP) is -0.617. The Hall–Kier alpha value is -1.26. The van der Waals surface area contributed by atoms with Crippen LogP contribution in [0, 0.1) is 0 Å². The van der Waals surface area contributed by atoms with Gasteiger partial charge in [0.2, 0.25) is 5.91 Å². The maximum absolute atomic E-state index is 11.2. The van der Waals surface area contributed by atoms with Crippen molar-refractivity contribution in [2.75, 3.05) is 65.9 Å². The van der Waals surface area contributed by atoms with Gasteiger partial charge in [0.1, 0.15) is 0 Å². The molecule has 0 aromatic carbocycles. The summed E-state index contributed by atoms with van der Waals surface area (Å²) in [7, 11) is 0. The van der Waals surface area contributed by atoms with Crippen molar-refractivity contribution in [2.45, 2.75) is 19.3 Å². The Morgan fingerprint density at radius 3 is 1.79 bits per heavy atom. The Kier molecular flexibility index (Phi) is 17.1. The van der Waals surface area contributed by atoms with E-state index in [2.05, 4.69) is 5.32 Å². The number of hydrogen-bond acceptors (Lipinski definition) is 7. The van der Waals surface area contributed by atoms with Gasteiger partial charge in [0, 0.05) is 26.1 Å². The number of nitrogens with two attached hydrogens (primary N) is 1. The molecule has 0 saturated carbocycles. The fourth-order valence-electron chi connectivity index (χ4n) is 1.56. The standard InChI is InChI=1S/C15H30N2O7/c16-4-7-22-9-11-24-13-12-23-10-8-21-6-1-5-17-14(18)2-3-15(19)20/h1-13,16H2,(H,17,18)(H,19,20). The van der Waals surface area contributed by atoms with Crippen molar-refractivity contribution in [1.82, 2.24) is 5.32 Å². The molecule has 0 radical (unpaired) electrons. The minimum Gasteiger partial charge on any atom is -0.481 e. The van der Waals surface area contributed by atoms with Crippen molar-refractivity contribution >= 4 is 11.9 Å². The Morgan fingerprint density at radius 2 is 1.29 bits per heavy atom. The smallest absolute Gasteiger partial charge is 0.303 e. The molecule has 0 heterocycles. The molecule has 9 heteroatoms. The van der Waals surface area contributed by atoms with Crippen LogP contribution in [0.15, 0.2) is 0 Å². The summed E-state index contributed by atoms with van der Waals surface area (Å²) < 4.78 is 21.1. The fourth-order valence-corrected chi connectivity index (χ4v) is 1.56. The first-order valence-electron chi connectivity index (χ1n) is 8.16. The van der Waals surface area contributed by atoms with E-state index in [9.17, 15) is 9.59 Å². The van der Waals surface area contributed by atoms with E-state index in [-0.39, 0.29) is 18.7 Å². The van der Waals surface area contributed by atoms with E-state index in [0.29, 0.717) is 72.4 Å². The lowest BCUT2D eigenvalue weighted by molar-refractivity contribution is -0.138. The minimum absolute atomic E-state index is 0.00520. The van der Waals surface area contributed by atoms with Crippen LogP contribution in [0.3, 0.4) is 0 Å². The summed E-state index contributed by atoms with van der Waals surface area (Å²) in [4.78, 5) is 21.5. The number of nitrogens with one attached hydrogen (secondary N) is 1. The molecule has 0 aliphatic rings. The van der Waals surface area contributed by atoms with E-state index in [1.807, 2.05) is 0 Å². The number of aliphatic carboxylic acids is 1. The number of rotatable bonds is 18. The minimum atomic E-state index is -0.973. The van der Waals surface area contributed by atoms with Crippen LogP contribution >= 0.6 is 0 Å². The van der Waals surface area contributed by atoms with Crippen LogP contribution in [0.2, 0.25) is 0 Å². The molecular weight excluding hydrogens is 320 g/mol. The second-order valence-electron chi connectivity index (χ2n) is 4.84. The van der Waals surface area contributed by atoms with E-state index >= 15 is 0 Å². The van der Waals surface area contributed by atoms with Gasteiger partial charge in [0.05, 0.1) is 52.7 Å². The Bertz CT molecular complexity index is 316. The molecule has 0 fully saturated rings. The third-order valence-corrected chi connectivity index (χ3v) is 2.73. The molecule has 0 aromatic heterocycles. The highest BCUT2D eigenvalue weighted by molar-refractivity contribution is 5.80. The number of carbonyl (C=O) groups excluding carboxylic acids is 1. The Labute approximate surface area is 142 Å². The molecule has 0 aliphatic carbocycles. The van der Waals surface area contributed by atoms with Gasteiger partial charge in [-0.2, -0.15) is 0 Å².